The third kappa shape index (κ3) is 1.83. The molecule has 1 aliphatic heterocycles. The van der Waals surface area contributed by atoms with E-state index in [-0.39, 0.29) is 5.56 Å². The summed E-state index contributed by atoms with van der Waals surface area (Å²) in [7, 11) is 0. The Kier molecular flexibility index (Phi) is 2.41. The van der Waals surface area contributed by atoms with Gasteiger partial charge in [0.25, 0.3) is 0 Å². The fraction of sp³-hybridized carbons (Fsp3) is 0. The second-order valence-corrected chi connectivity index (χ2v) is 2.92. The molecule has 0 radical (unpaired) electrons. The average Bonchev–Trinajstić information content (AvgIpc) is 2.30. The molecule has 2 rings (SSSR count). The van der Waals surface area contributed by atoms with E-state index in [4.69, 9.17) is 9.94 Å². The molecule has 1 aliphatic rings. The maximum Gasteiger partial charge on any atom is 0.337 e. The summed E-state index contributed by atoms with van der Waals surface area (Å²) in [5, 5.41) is 10.4. The van der Waals surface area contributed by atoms with E-state index in [0.717, 1.165) is 0 Å². The first-order valence-electron chi connectivity index (χ1n) is 4.41. The zero-order chi connectivity index (χ0) is 10.7. The van der Waals surface area contributed by atoms with Gasteiger partial charge in [-0.2, -0.15) is 5.06 Å². The summed E-state index contributed by atoms with van der Waals surface area (Å²) in [5.41, 5.74) is 0.711. The summed E-state index contributed by atoms with van der Waals surface area (Å²) in [5.74, 6) is -0.975. The number of aromatic carboxylic acids is 1. The van der Waals surface area contributed by atoms with Crippen LogP contribution in [0.4, 0.5) is 5.69 Å². The van der Waals surface area contributed by atoms with Crippen molar-refractivity contribution in [1.82, 2.24) is 0 Å². The monoisotopic (exact) mass is 203 g/mol. The van der Waals surface area contributed by atoms with E-state index >= 15 is 0 Å². The summed E-state index contributed by atoms with van der Waals surface area (Å²) in [6.45, 7) is 0. The number of carboxylic acid groups (broad SMARTS) is 1. The number of nitrogens with zero attached hydrogens (tertiary/aromatic N) is 1. The van der Waals surface area contributed by atoms with Gasteiger partial charge in [-0.05, 0) is 24.3 Å². The van der Waals surface area contributed by atoms with Gasteiger partial charge in [0.2, 0.25) is 0 Å². The quantitative estimate of drug-likeness (QED) is 0.800. The van der Waals surface area contributed by atoms with Crippen LogP contribution in [0.1, 0.15) is 10.4 Å². The van der Waals surface area contributed by atoms with Gasteiger partial charge in [0.1, 0.15) is 6.26 Å². The molecule has 0 bridgehead atoms. The van der Waals surface area contributed by atoms with Crippen molar-refractivity contribution < 1.29 is 14.7 Å². The lowest BCUT2D eigenvalue weighted by atomic mass is 10.2. The molecule has 15 heavy (non-hydrogen) atoms. The highest BCUT2D eigenvalue weighted by molar-refractivity contribution is 5.94. The van der Waals surface area contributed by atoms with Crippen LogP contribution >= 0.6 is 0 Å². The molecule has 0 fully saturated rings. The lowest BCUT2D eigenvalue weighted by Gasteiger charge is -2.21. The van der Waals surface area contributed by atoms with E-state index < -0.39 is 5.97 Å². The maximum atomic E-state index is 10.9. The van der Waals surface area contributed by atoms with Gasteiger partial charge in [0, 0.05) is 6.20 Å². The van der Waals surface area contributed by atoms with E-state index in [9.17, 15) is 4.79 Å². The Hall–Kier alpha value is -2.23. The first-order valence-corrected chi connectivity index (χ1v) is 4.41. The number of hydrogen-bond donors (Lipinski definition) is 1. The van der Waals surface area contributed by atoms with Gasteiger partial charge >= 0.3 is 5.97 Å². The highest BCUT2D eigenvalue weighted by Gasteiger charge is 2.14. The summed E-state index contributed by atoms with van der Waals surface area (Å²) >= 11 is 0. The van der Waals surface area contributed by atoms with Gasteiger partial charge in [-0.25, -0.2) is 4.79 Å². The lowest BCUT2D eigenvalue weighted by molar-refractivity contribution is 0.0696. The summed E-state index contributed by atoms with van der Waals surface area (Å²) in [6.07, 6.45) is 6.63. The van der Waals surface area contributed by atoms with E-state index in [1.54, 1.807) is 36.6 Å². The smallest absolute Gasteiger partial charge is 0.337 e. The zero-order valence-corrected chi connectivity index (χ0v) is 7.83. The standard InChI is InChI=1S/C11H9NO3/c13-11(14)9-5-1-2-6-10(9)12-7-3-4-8-15-12/h1-8H,(H,13,14). The fourth-order valence-corrected chi connectivity index (χ4v) is 1.29. The van der Waals surface area contributed by atoms with Gasteiger partial charge in [0.05, 0.1) is 11.3 Å². The van der Waals surface area contributed by atoms with Crippen LogP contribution in [0.25, 0.3) is 0 Å². The molecule has 0 aliphatic carbocycles. The number of carbonyl (C=O) groups is 1. The number of hydroxylamine groups is 1. The molecule has 1 N–H and O–H groups in total. The normalized spacial score (nSPS) is 13.7. The molecular weight excluding hydrogens is 194 g/mol. The largest absolute Gasteiger partial charge is 0.478 e. The van der Waals surface area contributed by atoms with Crippen LogP contribution in [0.15, 0.2) is 48.9 Å². The second-order valence-electron chi connectivity index (χ2n) is 2.92. The van der Waals surface area contributed by atoms with E-state index in [2.05, 4.69) is 0 Å². The molecule has 0 saturated heterocycles. The Morgan fingerprint density at radius 2 is 2.07 bits per heavy atom. The van der Waals surface area contributed by atoms with Crippen molar-refractivity contribution >= 4 is 11.7 Å². The molecule has 1 aromatic carbocycles. The number of allylic oxidation sites excluding steroid dienone is 2. The second kappa shape index (κ2) is 3.88. The minimum Gasteiger partial charge on any atom is -0.478 e. The number of carboxylic acids is 1. The summed E-state index contributed by atoms with van der Waals surface area (Å²) in [6, 6.07) is 6.66. The van der Waals surface area contributed by atoms with Crippen molar-refractivity contribution in [3.05, 3.63) is 54.4 Å². The maximum absolute atomic E-state index is 10.9. The Morgan fingerprint density at radius 1 is 1.27 bits per heavy atom. The van der Waals surface area contributed by atoms with Crippen LogP contribution in [0.5, 0.6) is 0 Å². The van der Waals surface area contributed by atoms with E-state index in [0.29, 0.717) is 5.69 Å². The number of para-hydroxylation sites is 1. The summed E-state index contributed by atoms with van der Waals surface area (Å²) < 4.78 is 0. The van der Waals surface area contributed by atoms with Crippen LogP contribution in [-0.4, -0.2) is 11.1 Å². The molecule has 4 nitrogen and oxygen atoms in total. The molecule has 4 heteroatoms. The number of benzene rings is 1. The molecule has 0 unspecified atom stereocenters. The molecular formula is C11H9NO3. The molecule has 0 spiro atoms. The van der Waals surface area contributed by atoms with Crippen LogP contribution in [0.3, 0.4) is 0 Å². The third-order valence-corrected chi connectivity index (χ3v) is 1.96. The fourth-order valence-electron chi connectivity index (χ4n) is 1.29. The Labute approximate surface area is 86.7 Å². The van der Waals surface area contributed by atoms with Gasteiger partial charge < -0.3 is 9.94 Å². The van der Waals surface area contributed by atoms with Crippen molar-refractivity contribution in [2.45, 2.75) is 0 Å². The average molecular weight is 203 g/mol. The Morgan fingerprint density at radius 3 is 2.73 bits per heavy atom. The molecule has 1 heterocycles. The molecule has 76 valence electrons. The van der Waals surface area contributed by atoms with Crippen molar-refractivity contribution in [2.24, 2.45) is 0 Å². The molecule has 1 aromatic rings. The van der Waals surface area contributed by atoms with Crippen LogP contribution < -0.4 is 5.06 Å². The van der Waals surface area contributed by atoms with Gasteiger partial charge in [0.15, 0.2) is 0 Å². The van der Waals surface area contributed by atoms with Crippen LogP contribution in [0, 0.1) is 0 Å². The number of rotatable bonds is 2. The highest BCUT2D eigenvalue weighted by Crippen LogP contribution is 2.22. The van der Waals surface area contributed by atoms with E-state index in [1.807, 2.05) is 0 Å². The van der Waals surface area contributed by atoms with E-state index in [1.165, 1.54) is 17.4 Å². The minimum atomic E-state index is -0.975. The van der Waals surface area contributed by atoms with Crippen molar-refractivity contribution in [3.63, 3.8) is 0 Å². The zero-order valence-electron chi connectivity index (χ0n) is 7.83. The first kappa shape index (κ1) is 9.33. The molecule has 0 atom stereocenters. The first-order chi connectivity index (χ1) is 7.29. The lowest BCUT2D eigenvalue weighted by Crippen LogP contribution is -2.18. The predicted molar refractivity (Wildman–Crippen MR) is 55.2 cm³/mol. The summed E-state index contributed by atoms with van der Waals surface area (Å²) in [4.78, 5) is 16.1. The molecule has 0 amide bonds. The third-order valence-electron chi connectivity index (χ3n) is 1.96. The molecule has 0 saturated carbocycles. The molecule has 0 aromatic heterocycles. The number of hydrogen-bond acceptors (Lipinski definition) is 3. The highest BCUT2D eigenvalue weighted by atomic mass is 16.7. The topological polar surface area (TPSA) is 49.8 Å². The SMILES string of the molecule is O=C(O)c1ccccc1N1C=CC=CO1. The number of anilines is 1. The van der Waals surface area contributed by atoms with Crippen molar-refractivity contribution in [3.8, 4) is 0 Å². The van der Waals surface area contributed by atoms with Gasteiger partial charge in [-0.15, -0.1) is 0 Å². The minimum absolute atomic E-state index is 0.206. The predicted octanol–water partition coefficient (Wildman–Crippen LogP) is 2.16. The van der Waals surface area contributed by atoms with Crippen molar-refractivity contribution in [2.75, 3.05) is 5.06 Å². The van der Waals surface area contributed by atoms with Gasteiger partial charge in [-0.1, -0.05) is 12.1 Å². The Balaban J connectivity index is 2.39. The van der Waals surface area contributed by atoms with Gasteiger partial charge in [-0.3, -0.25) is 0 Å². The Bertz CT molecular complexity index is 437. The van der Waals surface area contributed by atoms with Crippen LogP contribution in [0.2, 0.25) is 0 Å². The van der Waals surface area contributed by atoms with Crippen LogP contribution in [-0.2, 0) is 4.84 Å². The van der Waals surface area contributed by atoms with Crippen molar-refractivity contribution in [1.29, 1.82) is 0 Å².